The molecule has 0 atom stereocenters. The number of nitrogens with zero attached hydrogens (tertiary/aromatic N) is 3. The number of aliphatic hydroxyl groups is 1. The Kier molecular flexibility index (Phi) is 4.79. The van der Waals surface area contributed by atoms with Gasteiger partial charge in [0.1, 0.15) is 17.2 Å². The molecule has 1 aromatic heterocycles. The second kappa shape index (κ2) is 5.91. The van der Waals surface area contributed by atoms with E-state index < -0.39 is 19.3 Å². The van der Waals surface area contributed by atoms with Crippen molar-refractivity contribution in [2.75, 3.05) is 24.6 Å². The van der Waals surface area contributed by atoms with Gasteiger partial charge in [-0.2, -0.15) is 13.2 Å². The van der Waals surface area contributed by atoms with Gasteiger partial charge in [-0.3, -0.25) is 0 Å². The quantitative estimate of drug-likeness (QED) is 0.764. The summed E-state index contributed by atoms with van der Waals surface area (Å²) in [7, 11) is 0. The summed E-state index contributed by atoms with van der Waals surface area (Å²) in [6, 6.07) is 1.40. The average molecular weight is 280 g/mol. The Morgan fingerprint density at radius 1 is 1.50 bits per heavy atom. The fraction of sp³-hybridized carbons (Fsp3) is 0.444. The Bertz CT molecular complexity index is 427. The van der Waals surface area contributed by atoms with Gasteiger partial charge in [0.25, 0.3) is 0 Å². The second-order valence-corrected chi connectivity index (χ2v) is 3.81. The third kappa shape index (κ3) is 4.41. The summed E-state index contributed by atoms with van der Waals surface area (Å²) in [6.45, 7) is -1.94. The van der Waals surface area contributed by atoms with E-state index in [0.717, 1.165) is 4.90 Å². The Morgan fingerprint density at radius 2 is 2.17 bits per heavy atom. The van der Waals surface area contributed by atoms with E-state index in [9.17, 15) is 13.2 Å². The highest BCUT2D eigenvalue weighted by Crippen LogP contribution is 2.19. The summed E-state index contributed by atoms with van der Waals surface area (Å²) < 4.78 is 37.0. The molecule has 100 valence electrons. The van der Waals surface area contributed by atoms with Gasteiger partial charge in [0.05, 0.1) is 6.61 Å². The van der Waals surface area contributed by atoms with Gasteiger partial charge in [0, 0.05) is 12.7 Å². The van der Waals surface area contributed by atoms with Crippen molar-refractivity contribution in [1.29, 1.82) is 0 Å². The van der Waals surface area contributed by atoms with E-state index in [1.807, 2.05) is 0 Å². The SMILES string of the molecule is NC(=S)c1ccnc(N(CCO)CC(F)(F)F)n1. The molecule has 0 saturated carbocycles. The molecule has 1 aromatic rings. The minimum Gasteiger partial charge on any atom is -0.395 e. The van der Waals surface area contributed by atoms with Crippen molar-refractivity contribution < 1.29 is 18.3 Å². The third-order valence-electron chi connectivity index (χ3n) is 1.92. The zero-order chi connectivity index (χ0) is 13.8. The monoisotopic (exact) mass is 280 g/mol. The molecule has 0 radical (unpaired) electrons. The van der Waals surface area contributed by atoms with Gasteiger partial charge in [-0.25, -0.2) is 9.97 Å². The molecule has 1 heterocycles. The summed E-state index contributed by atoms with van der Waals surface area (Å²) >= 11 is 4.68. The van der Waals surface area contributed by atoms with Crippen LogP contribution in [-0.4, -0.2) is 45.9 Å². The zero-order valence-corrected chi connectivity index (χ0v) is 10.0. The van der Waals surface area contributed by atoms with E-state index in [4.69, 9.17) is 10.8 Å². The van der Waals surface area contributed by atoms with Crippen LogP contribution in [0.5, 0.6) is 0 Å². The number of hydrogen-bond acceptors (Lipinski definition) is 5. The number of halogens is 3. The van der Waals surface area contributed by atoms with Crippen molar-refractivity contribution >= 4 is 23.2 Å². The van der Waals surface area contributed by atoms with Crippen molar-refractivity contribution in [2.45, 2.75) is 6.18 Å². The van der Waals surface area contributed by atoms with Crippen LogP contribution in [0.3, 0.4) is 0 Å². The molecule has 0 bridgehead atoms. The number of hydrogen-bond donors (Lipinski definition) is 2. The van der Waals surface area contributed by atoms with Gasteiger partial charge in [-0.1, -0.05) is 12.2 Å². The number of rotatable bonds is 5. The predicted molar refractivity (Wildman–Crippen MR) is 63.3 cm³/mol. The Balaban J connectivity index is 2.98. The predicted octanol–water partition coefficient (Wildman–Crippen LogP) is 0.472. The smallest absolute Gasteiger partial charge is 0.395 e. The molecule has 0 spiro atoms. The molecular weight excluding hydrogens is 269 g/mol. The zero-order valence-electron chi connectivity index (χ0n) is 9.18. The van der Waals surface area contributed by atoms with Crippen LogP contribution in [0.15, 0.2) is 12.3 Å². The first-order valence-electron chi connectivity index (χ1n) is 4.89. The lowest BCUT2D eigenvalue weighted by Gasteiger charge is -2.23. The summed E-state index contributed by atoms with van der Waals surface area (Å²) in [5.41, 5.74) is 5.52. The number of nitrogens with two attached hydrogens (primary N) is 1. The van der Waals surface area contributed by atoms with Crippen LogP contribution in [0.1, 0.15) is 5.69 Å². The average Bonchev–Trinajstić information content (AvgIpc) is 2.27. The van der Waals surface area contributed by atoms with Crippen LogP contribution in [0.2, 0.25) is 0 Å². The van der Waals surface area contributed by atoms with Gasteiger partial charge in [0.15, 0.2) is 0 Å². The molecule has 5 nitrogen and oxygen atoms in total. The second-order valence-electron chi connectivity index (χ2n) is 3.37. The molecule has 9 heteroatoms. The van der Waals surface area contributed by atoms with Crippen LogP contribution in [-0.2, 0) is 0 Å². The van der Waals surface area contributed by atoms with Crippen LogP contribution in [0, 0.1) is 0 Å². The van der Waals surface area contributed by atoms with Crippen molar-refractivity contribution in [3.05, 3.63) is 18.0 Å². The highest BCUT2D eigenvalue weighted by Gasteiger charge is 2.31. The Morgan fingerprint density at radius 3 is 2.67 bits per heavy atom. The van der Waals surface area contributed by atoms with Gasteiger partial charge in [-0.05, 0) is 6.07 Å². The number of thiocarbonyl (C=S) groups is 1. The fourth-order valence-corrected chi connectivity index (χ4v) is 1.34. The standard InChI is InChI=1S/C9H11F3N4OS/c10-9(11,12)5-16(3-4-17)8-14-2-1-6(15-8)7(13)18/h1-2,17H,3-5H2,(H2,13,18). The number of anilines is 1. The van der Waals surface area contributed by atoms with Crippen molar-refractivity contribution in [1.82, 2.24) is 9.97 Å². The van der Waals surface area contributed by atoms with Crippen LogP contribution in [0.25, 0.3) is 0 Å². The van der Waals surface area contributed by atoms with Crippen molar-refractivity contribution in [2.24, 2.45) is 5.73 Å². The lowest BCUT2D eigenvalue weighted by atomic mass is 10.4. The largest absolute Gasteiger partial charge is 0.406 e. The van der Waals surface area contributed by atoms with E-state index in [1.165, 1.54) is 12.3 Å². The van der Waals surface area contributed by atoms with Crippen molar-refractivity contribution in [3.63, 3.8) is 0 Å². The molecule has 0 aliphatic rings. The molecule has 0 aliphatic carbocycles. The topological polar surface area (TPSA) is 75.3 Å². The summed E-state index contributed by atoms with van der Waals surface area (Å²) in [4.78, 5) is 8.30. The number of aliphatic hydroxyl groups excluding tert-OH is 1. The van der Waals surface area contributed by atoms with E-state index in [2.05, 4.69) is 22.2 Å². The third-order valence-corrected chi connectivity index (χ3v) is 2.13. The maximum atomic E-state index is 12.3. The van der Waals surface area contributed by atoms with Crippen LogP contribution < -0.4 is 10.6 Å². The van der Waals surface area contributed by atoms with Gasteiger partial charge < -0.3 is 15.7 Å². The van der Waals surface area contributed by atoms with E-state index in [0.29, 0.717) is 0 Å². The van der Waals surface area contributed by atoms with Crippen LogP contribution >= 0.6 is 12.2 Å². The fourth-order valence-electron chi connectivity index (χ4n) is 1.22. The molecule has 1 rings (SSSR count). The molecule has 0 aliphatic heterocycles. The summed E-state index contributed by atoms with van der Waals surface area (Å²) in [5, 5.41) is 8.76. The molecule has 18 heavy (non-hydrogen) atoms. The number of aromatic nitrogens is 2. The highest BCUT2D eigenvalue weighted by atomic mass is 32.1. The maximum absolute atomic E-state index is 12.3. The molecule has 3 N–H and O–H groups in total. The molecular formula is C9H11F3N4OS. The first-order valence-corrected chi connectivity index (χ1v) is 5.29. The molecule has 0 fully saturated rings. The minimum absolute atomic E-state index is 0.0328. The van der Waals surface area contributed by atoms with E-state index >= 15 is 0 Å². The first-order chi connectivity index (χ1) is 8.33. The summed E-state index contributed by atoms with van der Waals surface area (Å²) in [5.74, 6) is -0.174. The van der Waals surface area contributed by atoms with Crippen molar-refractivity contribution in [3.8, 4) is 0 Å². The van der Waals surface area contributed by atoms with Gasteiger partial charge >= 0.3 is 6.18 Å². The van der Waals surface area contributed by atoms with Crippen LogP contribution in [0.4, 0.5) is 19.1 Å². The lowest BCUT2D eigenvalue weighted by Crippen LogP contribution is -2.37. The molecule has 0 aromatic carbocycles. The minimum atomic E-state index is -4.42. The van der Waals surface area contributed by atoms with E-state index in [1.54, 1.807) is 0 Å². The molecule has 0 saturated heterocycles. The molecule has 0 amide bonds. The van der Waals surface area contributed by atoms with Gasteiger partial charge in [-0.15, -0.1) is 0 Å². The lowest BCUT2D eigenvalue weighted by molar-refractivity contribution is -0.120. The first kappa shape index (κ1) is 14.6. The molecule has 0 unspecified atom stereocenters. The number of alkyl halides is 3. The Labute approximate surface area is 106 Å². The maximum Gasteiger partial charge on any atom is 0.406 e. The normalized spacial score (nSPS) is 11.3. The van der Waals surface area contributed by atoms with E-state index in [-0.39, 0.29) is 23.2 Å². The van der Waals surface area contributed by atoms with Gasteiger partial charge in [0.2, 0.25) is 5.95 Å². The highest BCUT2D eigenvalue weighted by molar-refractivity contribution is 7.80. The summed E-state index contributed by atoms with van der Waals surface area (Å²) in [6.07, 6.45) is -3.16. The Hall–Kier alpha value is -1.48.